The lowest BCUT2D eigenvalue weighted by Gasteiger charge is -2.22. The van der Waals surface area contributed by atoms with Crippen LogP contribution in [0.3, 0.4) is 0 Å². The number of benzene rings is 1. The molecule has 1 heterocycles. The number of rotatable bonds is 8. The first kappa shape index (κ1) is 17.8. The Morgan fingerprint density at radius 2 is 1.88 bits per heavy atom. The van der Waals surface area contributed by atoms with Gasteiger partial charge in [0.25, 0.3) is 0 Å². The van der Waals surface area contributed by atoms with Crippen molar-refractivity contribution in [3.63, 3.8) is 0 Å². The van der Waals surface area contributed by atoms with Gasteiger partial charge in [-0.25, -0.2) is 4.98 Å². The first-order valence-electron chi connectivity index (χ1n) is 8.40. The summed E-state index contributed by atoms with van der Waals surface area (Å²) in [6.07, 6.45) is 1.79. The molecule has 24 heavy (non-hydrogen) atoms. The first-order valence-corrected chi connectivity index (χ1v) is 8.40. The van der Waals surface area contributed by atoms with Crippen molar-refractivity contribution in [2.75, 3.05) is 35.2 Å². The fourth-order valence-electron chi connectivity index (χ4n) is 2.59. The van der Waals surface area contributed by atoms with Gasteiger partial charge >= 0.3 is 0 Å². The summed E-state index contributed by atoms with van der Waals surface area (Å²) >= 11 is 0. The predicted molar refractivity (Wildman–Crippen MR) is 103 cm³/mol. The van der Waals surface area contributed by atoms with E-state index >= 15 is 0 Å². The van der Waals surface area contributed by atoms with Crippen LogP contribution >= 0.6 is 0 Å². The standard InChI is InChI=1S/C19H27N5/c1-6-11-20-19-21-15(5)13-18(23-19)22-17-10-9-16(12-14(17)4)24(7-2)8-3/h6,9-10,12-13H,1,7-8,11H2,2-5H3,(H2,20,21,22,23). The van der Waals surface area contributed by atoms with Crippen LogP contribution in [-0.4, -0.2) is 29.6 Å². The second-order valence-electron chi connectivity index (χ2n) is 5.68. The molecule has 0 fully saturated rings. The van der Waals surface area contributed by atoms with Gasteiger partial charge < -0.3 is 15.5 Å². The van der Waals surface area contributed by atoms with E-state index in [1.165, 1.54) is 11.3 Å². The second-order valence-corrected chi connectivity index (χ2v) is 5.68. The summed E-state index contributed by atoms with van der Waals surface area (Å²) in [7, 11) is 0. The fraction of sp³-hybridized carbons (Fsp3) is 0.368. The molecule has 0 saturated carbocycles. The molecule has 0 unspecified atom stereocenters. The molecule has 128 valence electrons. The second kappa shape index (κ2) is 8.34. The Balaban J connectivity index is 2.21. The minimum atomic E-state index is 0.606. The zero-order valence-electron chi connectivity index (χ0n) is 15.1. The molecule has 0 atom stereocenters. The number of aromatic nitrogens is 2. The van der Waals surface area contributed by atoms with E-state index in [9.17, 15) is 0 Å². The molecule has 0 aliphatic heterocycles. The van der Waals surface area contributed by atoms with Crippen LogP contribution in [0.2, 0.25) is 0 Å². The van der Waals surface area contributed by atoms with Crippen molar-refractivity contribution < 1.29 is 0 Å². The molecule has 1 aromatic heterocycles. The van der Waals surface area contributed by atoms with Gasteiger partial charge in [0.1, 0.15) is 5.82 Å². The highest BCUT2D eigenvalue weighted by molar-refractivity contribution is 5.65. The van der Waals surface area contributed by atoms with Crippen LogP contribution in [0.5, 0.6) is 0 Å². The zero-order chi connectivity index (χ0) is 17.5. The first-order chi connectivity index (χ1) is 11.6. The van der Waals surface area contributed by atoms with Crippen molar-refractivity contribution in [2.24, 2.45) is 0 Å². The van der Waals surface area contributed by atoms with E-state index in [-0.39, 0.29) is 0 Å². The molecular formula is C19H27N5. The molecule has 0 aliphatic rings. The Bertz CT molecular complexity index is 692. The SMILES string of the molecule is C=CCNc1nc(C)cc(Nc2ccc(N(CC)CC)cc2C)n1. The number of aryl methyl sites for hydroxylation is 2. The molecule has 0 spiro atoms. The number of nitrogens with zero attached hydrogens (tertiary/aromatic N) is 3. The van der Waals surface area contributed by atoms with Crippen LogP contribution in [0.25, 0.3) is 0 Å². The average Bonchev–Trinajstić information content (AvgIpc) is 2.56. The van der Waals surface area contributed by atoms with Gasteiger partial charge in [0.2, 0.25) is 5.95 Å². The summed E-state index contributed by atoms with van der Waals surface area (Å²) in [6, 6.07) is 8.40. The largest absolute Gasteiger partial charge is 0.372 e. The average molecular weight is 325 g/mol. The quantitative estimate of drug-likeness (QED) is 0.709. The smallest absolute Gasteiger partial charge is 0.225 e. The summed E-state index contributed by atoms with van der Waals surface area (Å²) in [5.41, 5.74) is 4.40. The van der Waals surface area contributed by atoms with Crippen LogP contribution < -0.4 is 15.5 Å². The Morgan fingerprint density at radius 3 is 2.50 bits per heavy atom. The lowest BCUT2D eigenvalue weighted by atomic mass is 10.1. The van der Waals surface area contributed by atoms with Gasteiger partial charge in [-0.1, -0.05) is 6.08 Å². The summed E-state index contributed by atoms with van der Waals surface area (Å²) < 4.78 is 0. The van der Waals surface area contributed by atoms with E-state index in [1.54, 1.807) is 6.08 Å². The third-order valence-electron chi connectivity index (χ3n) is 3.86. The fourth-order valence-corrected chi connectivity index (χ4v) is 2.59. The number of hydrogen-bond donors (Lipinski definition) is 2. The van der Waals surface area contributed by atoms with E-state index in [0.29, 0.717) is 12.5 Å². The molecule has 0 amide bonds. The molecular weight excluding hydrogens is 298 g/mol. The monoisotopic (exact) mass is 325 g/mol. The van der Waals surface area contributed by atoms with Crippen LogP contribution in [-0.2, 0) is 0 Å². The molecule has 0 radical (unpaired) electrons. The van der Waals surface area contributed by atoms with Crippen molar-refractivity contribution in [2.45, 2.75) is 27.7 Å². The highest BCUT2D eigenvalue weighted by atomic mass is 15.1. The Hall–Kier alpha value is -2.56. The highest BCUT2D eigenvalue weighted by Gasteiger charge is 2.07. The van der Waals surface area contributed by atoms with Crippen LogP contribution in [0.1, 0.15) is 25.1 Å². The van der Waals surface area contributed by atoms with Crippen molar-refractivity contribution in [1.29, 1.82) is 0 Å². The van der Waals surface area contributed by atoms with E-state index in [1.807, 2.05) is 13.0 Å². The Morgan fingerprint density at radius 1 is 1.12 bits per heavy atom. The maximum atomic E-state index is 4.51. The molecule has 0 bridgehead atoms. The van der Waals surface area contributed by atoms with E-state index in [0.717, 1.165) is 30.3 Å². The van der Waals surface area contributed by atoms with Gasteiger partial charge in [-0.15, -0.1) is 6.58 Å². The molecule has 0 saturated heterocycles. The van der Waals surface area contributed by atoms with Crippen LogP contribution in [0, 0.1) is 13.8 Å². The zero-order valence-corrected chi connectivity index (χ0v) is 15.1. The Kier molecular flexibility index (Phi) is 6.18. The summed E-state index contributed by atoms with van der Waals surface area (Å²) in [4.78, 5) is 11.2. The van der Waals surface area contributed by atoms with Crippen molar-refractivity contribution >= 4 is 23.1 Å². The van der Waals surface area contributed by atoms with Gasteiger partial charge in [0, 0.05) is 42.8 Å². The molecule has 2 aromatic rings. The minimum Gasteiger partial charge on any atom is -0.372 e. The Labute approximate surface area is 144 Å². The maximum absolute atomic E-state index is 4.51. The summed E-state index contributed by atoms with van der Waals surface area (Å²) in [5.74, 6) is 1.39. The molecule has 2 N–H and O–H groups in total. The third kappa shape index (κ3) is 4.47. The van der Waals surface area contributed by atoms with Crippen molar-refractivity contribution in [1.82, 2.24) is 9.97 Å². The van der Waals surface area contributed by atoms with Gasteiger partial charge in [0.15, 0.2) is 0 Å². The highest BCUT2D eigenvalue weighted by Crippen LogP contribution is 2.25. The van der Waals surface area contributed by atoms with Gasteiger partial charge in [0.05, 0.1) is 0 Å². The van der Waals surface area contributed by atoms with Crippen molar-refractivity contribution in [3.05, 3.63) is 48.2 Å². The number of anilines is 4. The predicted octanol–water partition coefficient (Wildman–Crippen LogP) is 4.28. The summed E-state index contributed by atoms with van der Waals surface area (Å²) in [6.45, 7) is 14.8. The lowest BCUT2D eigenvalue weighted by molar-refractivity contribution is 0.866. The van der Waals surface area contributed by atoms with Crippen molar-refractivity contribution in [3.8, 4) is 0 Å². The topological polar surface area (TPSA) is 53.1 Å². The molecule has 1 aromatic carbocycles. The number of nitrogens with one attached hydrogen (secondary N) is 2. The van der Waals surface area contributed by atoms with E-state index < -0.39 is 0 Å². The molecule has 5 nitrogen and oxygen atoms in total. The van der Waals surface area contributed by atoms with E-state index in [2.05, 4.69) is 71.1 Å². The lowest BCUT2D eigenvalue weighted by Crippen LogP contribution is -2.21. The third-order valence-corrected chi connectivity index (χ3v) is 3.86. The molecule has 0 aliphatic carbocycles. The van der Waals surface area contributed by atoms with Crippen LogP contribution in [0.15, 0.2) is 36.9 Å². The molecule has 2 rings (SSSR count). The minimum absolute atomic E-state index is 0.606. The van der Waals surface area contributed by atoms with Gasteiger partial charge in [-0.2, -0.15) is 4.98 Å². The van der Waals surface area contributed by atoms with E-state index in [4.69, 9.17) is 0 Å². The van der Waals surface area contributed by atoms with Gasteiger partial charge in [-0.05, 0) is 51.5 Å². The number of hydrogen-bond acceptors (Lipinski definition) is 5. The summed E-state index contributed by atoms with van der Waals surface area (Å²) in [5, 5.41) is 6.52. The normalized spacial score (nSPS) is 10.3. The van der Waals surface area contributed by atoms with Crippen LogP contribution in [0.4, 0.5) is 23.1 Å². The molecule has 5 heteroatoms. The maximum Gasteiger partial charge on any atom is 0.225 e. The van der Waals surface area contributed by atoms with Gasteiger partial charge in [-0.3, -0.25) is 0 Å².